The molecular formula is C15H19N3O. The predicted octanol–water partition coefficient (Wildman–Crippen LogP) is 2.62. The highest BCUT2D eigenvalue weighted by Crippen LogP contribution is 2.21. The first-order valence-corrected chi connectivity index (χ1v) is 6.37. The van der Waals surface area contributed by atoms with E-state index in [1.165, 1.54) is 0 Å². The monoisotopic (exact) mass is 257 g/mol. The Balaban J connectivity index is 2.23. The molecule has 1 aromatic carbocycles. The van der Waals surface area contributed by atoms with Crippen LogP contribution in [0, 0.1) is 6.92 Å². The minimum atomic E-state index is -0.337. The van der Waals surface area contributed by atoms with Crippen LogP contribution in [-0.2, 0) is 0 Å². The maximum absolute atomic E-state index is 6.19. The fraction of sp³-hybridized carbons (Fsp3) is 0.333. The van der Waals surface area contributed by atoms with Gasteiger partial charge in [-0.05, 0) is 44.0 Å². The molecule has 0 spiro atoms. The molecule has 2 rings (SSSR count). The van der Waals surface area contributed by atoms with Crippen molar-refractivity contribution in [3.8, 4) is 5.75 Å². The van der Waals surface area contributed by atoms with Crippen LogP contribution in [0.15, 0.2) is 36.7 Å². The number of hydrogen-bond acceptors (Lipinski definition) is 4. The lowest BCUT2D eigenvalue weighted by molar-refractivity contribution is 0.242. The van der Waals surface area contributed by atoms with Gasteiger partial charge in [0.1, 0.15) is 11.6 Å². The minimum absolute atomic E-state index is 0.141. The normalized spacial score (nSPS) is 12.5. The summed E-state index contributed by atoms with van der Waals surface area (Å²) in [6.45, 7) is 5.94. The van der Waals surface area contributed by atoms with E-state index < -0.39 is 0 Å². The van der Waals surface area contributed by atoms with Gasteiger partial charge in [-0.25, -0.2) is 9.97 Å². The maximum atomic E-state index is 6.19. The molecule has 2 N–H and O–H groups in total. The molecule has 0 aliphatic carbocycles. The Morgan fingerprint density at radius 2 is 1.84 bits per heavy atom. The molecule has 0 aliphatic rings. The van der Waals surface area contributed by atoms with Gasteiger partial charge in [-0.15, -0.1) is 0 Å². The van der Waals surface area contributed by atoms with Gasteiger partial charge in [-0.2, -0.15) is 0 Å². The van der Waals surface area contributed by atoms with Gasteiger partial charge < -0.3 is 10.5 Å². The fourth-order valence-corrected chi connectivity index (χ4v) is 1.77. The Bertz CT molecular complexity index is 537. The van der Waals surface area contributed by atoms with Gasteiger partial charge in [0, 0.05) is 12.4 Å². The summed E-state index contributed by atoms with van der Waals surface area (Å²) in [5.41, 5.74) is 8.15. The second-order valence-electron chi connectivity index (χ2n) is 4.84. The highest BCUT2D eigenvalue weighted by Gasteiger charge is 2.12. The number of nitrogens with two attached hydrogens (primary N) is 1. The smallest absolute Gasteiger partial charge is 0.149 e. The van der Waals surface area contributed by atoms with E-state index >= 15 is 0 Å². The van der Waals surface area contributed by atoms with E-state index in [9.17, 15) is 0 Å². The molecule has 0 bridgehead atoms. The topological polar surface area (TPSA) is 61.0 Å². The minimum Gasteiger partial charge on any atom is -0.491 e. The lowest BCUT2D eigenvalue weighted by atomic mass is 10.1. The number of rotatable bonds is 4. The number of ether oxygens (including phenoxy) is 1. The average Bonchev–Trinajstić information content (AvgIpc) is 2.38. The Labute approximate surface area is 113 Å². The van der Waals surface area contributed by atoms with E-state index in [0.29, 0.717) is 5.82 Å². The number of aromatic nitrogens is 2. The third-order valence-corrected chi connectivity index (χ3v) is 2.67. The van der Waals surface area contributed by atoms with Crippen molar-refractivity contribution < 1.29 is 4.74 Å². The zero-order chi connectivity index (χ0) is 13.8. The number of benzene rings is 1. The third kappa shape index (κ3) is 3.51. The summed E-state index contributed by atoms with van der Waals surface area (Å²) >= 11 is 0. The molecule has 0 fully saturated rings. The van der Waals surface area contributed by atoms with Gasteiger partial charge >= 0.3 is 0 Å². The summed E-state index contributed by atoms with van der Waals surface area (Å²) in [7, 11) is 0. The zero-order valence-electron chi connectivity index (χ0n) is 11.5. The summed E-state index contributed by atoms with van der Waals surface area (Å²) in [5.74, 6) is 1.43. The Morgan fingerprint density at radius 3 is 2.47 bits per heavy atom. The van der Waals surface area contributed by atoms with E-state index in [2.05, 4.69) is 9.97 Å². The molecule has 100 valence electrons. The summed E-state index contributed by atoms with van der Waals surface area (Å²) < 4.78 is 5.66. The lowest BCUT2D eigenvalue weighted by Crippen LogP contribution is -2.15. The van der Waals surface area contributed by atoms with Crippen molar-refractivity contribution in [1.82, 2.24) is 9.97 Å². The highest BCUT2D eigenvalue weighted by atomic mass is 16.5. The van der Waals surface area contributed by atoms with Crippen LogP contribution in [-0.4, -0.2) is 16.1 Å². The Hall–Kier alpha value is -1.94. The van der Waals surface area contributed by atoms with E-state index in [1.807, 2.05) is 45.0 Å². The maximum Gasteiger partial charge on any atom is 0.149 e. The summed E-state index contributed by atoms with van der Waals surface area (Å²) in [6.07, 6.45) is 3.69. The quantitative estimate of drug-likeness (QED) is 0.914. The zero-order valence-corrected chi connectivity index (χ0v) is 11.5. The Morgan fingerprint density at radius 1 is 1.16 bits per heavy atom. The van der Waals surface area contributed by atoms with Crippen molar-refractivity contribution >= 4 is 0 Å². The number of hydrogen-bond donors (Lipinski definition) is 1. The van der Waals surface area contributed by atoms with Crippen molar-refractivity contribution in [1.29, 1.82) is 0 Å². The molecule has 1 heterocycles. The van der Waals surface area contributed by atoms with Crippen LogP contribution in [0.5, 0.6) is 5.75 Å². The van der Waals surface area contributed by atoms with Crippen LogP contribution >= 0.6 is 0 Å². The lowest BCUT2D eigenvalue weighted by Gasteiger charge is -2.14. The molecule has 0 saturated heterocycles. The second kappa shape index (κ2) is 5.80. The summed E-state index contributed by atoms with van der Waals surface area (Å²) in [4.78, 5) is 8.54. The van der Waals surface area contributed by atoms with Crippen molar-refractivity contribution in [3.63, 3.8) is 0 Å². The Kier molecular flexibility index (Phi) is 4.12. The third-order valence-electron chi connectivity index (χ3n) is 2.67. The van der Waals surface area contributed by atoms with E-state index in [0.717, 1.165) is 16.9 Å². The van der Waals surface area contributed by atoms with E-state index in [1.54, 1.807) is 12.4 Å². The van der Waals surface area contributed by atoms with Crippen molar-refractivity contribution in [2.45, 2.75) is 32.9 Å². The number of aryl methyl sites for hydroxylation is 1. The number of nitrogens with zero attached hydrogens (tertiary/aromatic N) is 2. The molecule has 0 radical (unpaired) electrons. The van der Waals surface area contributed by atoms with Gasteiger partial charge in [0.05, 0.1) is 12.1 Å². The summed E-state index contributed by atoms with van der Waals surface area (Å²) in [6, 6.07) is 7.42. The van der Waals surface area contributed by atoms with Gasteiger partial charge in [0.15, 0.2) is 0 Å². The van der Waals surface area contributed by atoms with Gasteiger partial charge in [0.2, 0.25) is 0 Å². The second-order valence-corrected chi connectivity index (χ2v) is 4.84. The van der Waals surface area contributed by atoms with Crippen LogP contribution < -0.4 is 10.5 Å². The van der Waals surface area contributed by atoms with Crippen LogP contribution in [0.4, 0.5) is 0 Å². The first-order chi connectivity index (χ1) is 9.06. The van der Waals surface area contributed by atoms with Gasteiger partial charge in [0.25, 0.3) is 0 Å². The molecule has 1 aromatic heterocycles. The van der Waals surface area contributed by atoms with Crippen LogP contribution in [0.3, 0.4) is 0 Å². The first-order valence-electron chi connectivity index (χ1n) is 6.37. The first kappa shape index (κ1) is 13.5. The summed E-state index contributed by atoms with van der Waals surface area (Å²) in [5, 5.41) is 0. The molecular weight excluding hydrogens is 238 g/mol. The molecule has 0 saturated carbocycles. The van der Waals surface area contributed by atoms with Crippen LogP contribution in [0.25, 0.3) is 0 Å². The van der Waals surface area contributed by atoms with Crippen molar-refractivity contribution in [2.24, 2.45) is 5.73 Å². The van der Waals surface area contributed by atoms with Crippen LogP contribution in [0.2, 0.25) is 0 Å². The standard InChI is InChI=1S/C15H19N3O/c1-10(2)19-13-6-4-5-12(7-13)14(16)15-17-8-11(3)9-18-15/h4-10,14H,16H2,1-3H3. The molecule has 0 aliphatic heterocycles. The average molecular weight is 257 g/mol. The van der Waals surface area contributed by atoms with E-state index in [4.69, 9.17) is 10.5 Å². The van der Waals surface area contributed by atoms with Crippen LogP contribution in [0.1, 0.15) is 36.8 Å². The predicted molar refractivity (Wildman–Crippen MR) is 75.0 cm³/mol. The molecule has 2 aromatic rings. The molecule has 1 atom stereocenters. The van der Waals surface area contributed by atoms with Crippen molar-refractivity contribution in [2.75, 3.05) is 0 Å². The molecule has 0 amide bonds. The molecule has 1 unspecified atom stereocenters. The molecule has 19 heavy (non-hydrogen) atoms. The van der Waals surface area contributed by atoms with Gasteiger partial charge in [-0.1, -0.05) is 12.1 Å². The fourth-order valence-electron chi connectivity index (χ4n) is 1.77. The van der Waals surface area contributed by atoms with Gasteiger partial charge in [-0.3, -0.25) is 0 Å². The molecule has 4 nitrogen and oxygen atoms in total. The SMILES string of the molecule is Cc1cnc(C(N)c2cccc(OC(C)C)c2)nc1. The highest BCUT2D eigenvalue weighted by molar-refractivity contribution is 5.33. The van der Waals surface area contributed by atoms with E-state index in [-0.39, 0.29) is 12.1 Å². The van der Waals surface area contributed by atoms with Crippen molar-refractivity contribution in [3.05, 3.63) is 53.6 Å². The molecule has 4 heteroatoms. The largest absolute Gasteiger partial charge is 0.491 e.